The minimum absolute atomic E-state index is 0.0665. The molecule has 5 aliphatic rings. The summed E-state index contributed by atoms with van der Waals surface area (Å²) in [5.41, 5.74) is 20.9. The first-order valence-corrected chi connectivity index (χ1v) is 44.5. The van der Waals surface area contributed by atoms with E-state index < -0.39 is 5.41 Å². The van der Waals surface area contributed by atoms with Gasteiger partial charge < -0.3 is 20.0 Å². The third-order valence-corrected chi connectivity index (χ3v) is 25.4. The molecule has 133 heavy (non-hydrogen) atoms. The van der Waals surface area contributed by atoms with E-state index in [9.17, 15) is 19.2 Å². The van der Waals surface area contributed by atoms with Crippen molar-refractivity contribution in [1.29, 1.82) is 0 Å². The Morgan fingerprint density at radius 2 is 0.722 bits per heavy atom. The van der Waals surface area contributed by atoms with Gasteiger partial charge >= 0.3 is 11.9 Å². The van der Waals surface area contributed by atoms with Gasteiger partial charge in [-0.2, -0.15) is 28.8 Å². The summed E-state index contributed by atoms with van der Waals surface area (Å²) in [6, 6.07) is 74.8. The number of fused-ring (bicyclic) bond motifs is 9. The number of hydrogen-bond acceptors (Lipinski definition) is 26. The van der Waals surface area contributed by atoms with Crippen LogP contribution in [-0.2, 0) is 62.2 Å². The summed E-state index contributed by atoms with van der Waals surface area (Å²) < 4.78 is 14.8. The summed E-state index contributed by atoms with van der Waals surface area (Å²) in [6.07, 6.45) is 20.8. The maximum Gasteiger partial charge on any atom is 0.316 e. The van der Waals surface area contributed by atoms with E-state index in [4.69, 9.17) is 55.2 Å². The number of nitrogens with two attached hydrogens (primary N) is 1. The molecule has 0 unspecified atom stereocenters. The number of pyridine rings is 6. The number of ether oxygens (including phenoxy) is 2. The molecule has 29 nitrogen and oxygen atoms in total. The largest absolute Gasteiger partial charge is 0.469 e. The lowest BCUT2D eigenvalue weighted by Crippen LogP contribution is -2.27. The fraction of sp³-hybridized carbons (Fsp3) is 0.228. The number of hydrogen-bond donors (Lipinski definition) is 1. The van der Waals surface area contributed by atoms with Gasteiger partial charge in [0.25, 0.3) is 0 Å². The molecule has 0 amide bonds. The van der Waals surface area contributed by atoms with Crippen LogP contribution in [0.5, 0.6) is 0 Å². The molecule has 0 bridgehead atoms. The van der Waals surface area contributed by atoms with Gasteiger partial charge in [0, 0.05) is 76.4 Å². The molecule has 5 fully saturated rings. The first-order chi connectivity index (χ1) is 64.7. The number of methoxy groups -OCH3 is 2. The first kappa shape index (κ1) is 88.7. The van der Waals surface area contributed by atoms with Gasteiger partial charge in [0.1, 0.15) is 28.9 Å². The molecule has 24 rings (SSSR count). The van der Waals surface area contributed by atoms with Gasteiger partial charge in [-0.05, 0) is 269 Å². The Kier molecular flexibility index (Phi) is 25.3. The Labute approximate surface area is 776 Å². The van der Waals surface area contributed by atoms with E-state index in [1.165, 1.54) is 37.8 Å². The van der Waals surface area contributed by atoms with Crippen LogP contribution in [0.3, 0.4) is 0 Å². The van der Waals surface area contributed by atoms with Crippen LogP contribution in [0.4, 0.5) is 0 Å². The van der Waals surface area contributed by atoms with Crippen molar-refractivity contribution < 1.29 is 33.5 Å². The SMILES string of the molecule is CC(=O)c1ccc2nnc(C3(c4ccc5ncccc5c4)CC3)n2n1.CCO/N=C(\C)c1ccc2nnc(C3(c4ccc5ncccc5c4)CC3)n2n1.COC(=O)C1(c2ccc3ncccc3c2)CC1.COC(=O)Cc1ccc2ncccc2c1.Clc1ccc(Cl)nn1.Clc1ccc2nnc(C3(c4ccc5ncccc5c4)CC3)n2n1.NCC(=O)C1(c2ccc3ncccc3c2)CC1. The standard InChI is InChI=1S/C21H20N6O.C19H15N5O.C17H12ClN5.C14H14N2O.C14H13NO2.C12H11NO2.C4H2Cl2N2/c1-3-28-26-14(2)17-8-9-19-23-24-20(27(19)25-17)21(10-11-21)16-6-7-18-15(13-16)5-4-12-22-18;1-12(25)15-6-7-17-21-22-18(24(17)23-15)19(8-9-19)14-4-5-16-13(11-14)3-2-10-20-16;18-14-5-6-15-20-21-16(23(15)22-14)17(7-8-17)12-3-4-13-11(10-12)2-1-9-19-13;15-9-13(17)14(5-6-14)11-3-4-12-10(8-11)2-1-7-16-12;1-17-13(16)14(6-7-14)11-4-5-12-10(9-11)3-2-8-15-12;1-15-12(14)8-9-4-5-11-10(7-9)3-2-6-13-11;5-3-1-2-4(6)8-7-3/h4-9,12-13H,3,10-11H2,1-2H3;2-7,10-11H,8-9H2,1H3;1-6,9-10H,7-8H2;1-4,7-8H,5-6,9,15H2;2-5,8-9H,6-7H2,1H3;2-7H,8H2,1H3;1-2H/b26-14+;;;;;;. The topological polar surface area (TPSA) is 367 Å². The second-order valence-electron chi connectivity index (χ2n) is 33.2. The second-order valence-corrected chi connectivity index (χ2v) is 34.3. The van der Waals surface area contributed by atoms with Gasteiger partial charge in [0.2, 0.25) is 0 Å². The van der Waals surface area contributed by atoms with Crippen LogP contribution in [0, 0.1) is 0 Å². The number of esters is 2. The molecule has 13 aromatic heterocycles. The molecule has 0 spiro atoms. The molecular weight excluding hydrogens is 1740 g/mol. The molecular formula is C101H87Cl3N22O7. The van der Waals surface area contributed by atoms with Crippen molar-refractivity contribution in [2.45, 2.75) is 118 Å². The third kappa shape index (κ3) is 18.7. The van der Waals surface area contributed by atoms with E-state index in [0.29, 0.717) is 39.8 Å². The second kappa shape index (κ2) is 37.9. The quantitative estimate of drug-likeness (QED) is 0.0383. The zero-order valence-electron chi connectivity index (χ0n) is 73.1. The zero-order valence-corrected chi connectivity index (χ0v) is 75.3. The van der Waals surface area contributed by atoms with Crippen LogP contribution in [0.2, 0.25) is 15.5 Å². The molecule has 664 valence electrons. The highest BCUT2D eigenvalue weighted by Crippen LogP contribution is 2.56. The number of Topliss-reactive ketones (excluding diaryl/α,β-unsaturated/α-hetero) is 2. The van der Waals surface area contributed by atoms with Crippen molar-refractivity contribution in [3.63, 3.8) is 0 Å². The number of oxime groups is 1. The van der Waals surface area contributed by atoms with Crippen LogP contribution in [-0.4, -0.2) is 156 Å². The number of aromatic nitrogens is 20. The monoisotopic (exact) mass is 1820 g/mol. The Hall–Kier alpha value is -14.9. The first-order valence-electron chi connectivity index (χ1n) is 43.4. The normalized spacial score (nSPS) is 15.1. The van der Waals surface area contributed by atoms with Crippen molar-refractivity contribution in [3.8, 4) is 0 Å². The van der Waals surface area contributed by atoms with Crippen LogP contribution in [0.15, 0.2) is 273 Å². The van der Waals surface area contributed by atoms with Gasteiger partial charge in [-0.3, -0.25) is 49.1 Å². The van der Waals surface area contributed by atoms with Crippen molar-refractivity contribution in [1.82, 2.24) is 99.5 Å². The van der Waals surface area contributed by atoms with Crippen LogP contribution in [0.25, 0.3) is 82.4 Å². The number of ketones is 2. The lowest BCUT2D eigenvalue weighted by atomic mass is 9.90. The fourth-order valence-electron chi connectivity index (χ4n) is 16.7. The van der Waals surface area contributed by atoms with Crippen molar-refractivity contribution in [3.05, 3.63) is 345 Å². The predicted molar refractivity (Wildman–Crippen MR) is 507 cm³/mol. The molecule has 13 heterocycles. The minimum atomic E-state index is -0.390. The minimum Gasteiger partial charge on any atom is -0.469 e. The van der Waals surface area contributed by atoms with Gasteiger partial charge in [-0.1, -0.05) is 113 Å². The molecule has 0 aliphatic heterocycles. The lowest BCUT2D eigenvalue weighted by molar-refractivity contribution is -0.143. The zero-order chi connectivity index (χ0) is 92.0. The highest BCUT2D eigenvalue weighted by molar-refractivity contribution is 6.31. The average molecular weight is 1830 g/mol. The Morgan fingerprint density at radius 1 is 0.376 bits per heavy atom. The molecule has 5 saturated carbocycles. The summed E-state index contributed by atoms with van der Waals surface area (Å²) >= 11 is 16.8. The molecule has 0 atom stereocenters. The number of carbonyl (C=O) groups excluding carboxylic acids is 4. The molecule has 19 aromatic rings. The van der Waals surface area contributed by atoms with Crippen molar-refractivity contribution in [2.75, 3.05) is 27.4 Å². The summed E-state index contributed by atoms with van der Waals surface area (Å²) in [5, 5.41) is 58.5. The highest BCUT2D eigenvalue weighted by Gasteiger charge is 2.55. The molecule has 0 radical (unpaired) electrons. The third-order valence-electron chi connectivity index (χ3n) is 24.8. The van der Waals surface area contributed by atoms with E-state index in [-0.39, 0.29) is 51.7 Å². The van der Waals surface area contributed by atoms with Crippen LogP contribution < -0.4 is 5.73 Å². The Morgan fingerprint density at radius 3 is 1.08 bits per heavy atom. The lowest BCUT2D eigenvalue weighted by Gasteiger charge is -2.14. The smallest absolute Gasteiger partial charge is 0.316 e. The van der Waals surface area contributed by atoms with Gasteiger partial charge in [-0.15, -0.1) is 40.8 Å². The summed E-state index contributed by atoms with van der Waals surface area (Å²) in [5.74, 6) is 2.27. The molecule has 0 saturated heterocycles. The molecule has 6 aromatic carbocycles. The van der Waals surface area contributed by atoms with E-state index in [0.717, 1.165) is 186 Å². The number of rotatable bonds is 17. The van der Waals surface area contributed by atoms with Crippen molar-refractivity contribution in [2.24, 2.45) is 10.9 Å². The Balaban J connectivity index is 0.000000106. The number of benzene rings is 6. The fourth-order valence-corrected chi connectivity index (χ4v) is 17.1. The van der Waals surface area contributed by atoms with E-state index >= 15 is 0 Å². The van der Waals surface area contributed by atoms with Crippen LogP contribution >= 0.6 is 34.8 Å². The van der Waals surface area contributed by atoms with Crippen LogP contribution in [0.1, 0.15) is 152 Å². The molecule has 2 N–H and O–H groups in total. The highest BCUT2D eigenvalue weighted by atomic mass is 35.5. The van der Waals surface area contributed by atoms with Gasteiger partial charge in [-0.25, -0.2) is 0 Å². The number of carbonyl (C=O) groups is 4. The molecule has 5 aliphatic carbocycles. The van der Waals surface area contributed by atoms with E-state index in [1.54, 1.807) is 64.2 Å². The van der Waals surface area contributed by atoms with E-state index in [1.807, 2.05) is 158 Å². The van der Waals surface area contributed by atoms with Crippen molar-refractivity contribution >= 4 is 146 Å². The summed E-state index contributed by atoms with van der Waals surface area (Å²) in [4.78, 5) is 77.6. The summed E-state index contributed by atoms with van der Waals surface area (Å²) in [6.45, 7) is 5.96. The average Bonchev–Trinajstić information content (AvgIpc) is 1.59. The maximum atomic E-state index is 11.9. The Bertz CT molecular complexity index is 7540. The number of halogens is 3. The van der Waals surface area contributed by atoms with E-state index in [2.05, 4.69) is 164 Å². The van der Waals surface area contributed by atoms with Gasteiger partial charge in [0.05, 0.1) is 87.4 Å². The predicted octanol–water partition coefficient (Wildman–Crippen LogP) is 17.8. The van der Waals surface area contributed by atoms with Gasteiger partial charge in [0.15, 0.2) is 56.3 Å². The number of nitrogens with zero attached hydrogens (tertiary/aromatic N) is 21. The summed E-state index contributed by atoms with van der Waals surface area (Å²) in [7, 11) is 2.84. The maximum absolute atomic E-state index is 11.9. The molecule has 32 heteroatoms.